The van der Waals surface area contributed by atoms with Crippen LogP contribution >= 0.6 is 11.3 Å². The molecule has 7 heteroatoms. The molecule has 1 saturated heterocycles. The first-order valence-corrected chi connectivity index (χ1v) is 10.1. The van der Waals surface area contributed by atoms with Crippen LogP contribution in [0.5, 0.6) is 0 Å². The zero-order valence-corrected chi connectivity index (χ0v) is 17.3. The summed E-state index contributed by atoms with van der Waals surface area (Å²) >= 11 is 1.36. The van der Waals surface area contributed by atoms with Crippen LogP contribution in [-0.2, 0) is 9.59 Å². The Morgan fingerprint density at radius 2 is 2.04 bits per heavy atom. The molecule has 0 aliphatic carbocycles. The smallest absolute Gasteiger partial charge is 0.231 e. The van der Waals surface area contributed by atoms with Crippen molar-refractivity contribution in [1.29, 1.82) is 0 Å². The number of nitrogens with zero attached hydrogens (tertiary/aromatic N) is 3. The second-order valence-corrected chi connectivity index (χ2v) is 8.82. The molecule has 2 aromatic rings. The first-order valence-electron chi connectivity index (χ1n) is 9.23. The van der Waals surface area contributed by atoms with Gasteiger partial charge in [-0.25, -0.2) is 0 Å². The molecule has 1 fully saturated rings. The highest BCUT2D eigenvalue weighted by molar-refractivity contribution is 7.15. The number of carbonyl (C=O) groups excluding carboxylic acids is 2. The molecule has 0 spiro atoms. The molecule has 0 bridgehead atoms. The van der Waals surface area contributed by atoms with Gasteiger partial charge < -0.3 is 10.2 Å². The predicted octanol–water partition coefficient (Wildman–Crippen LogP) is 4.05. The summed E-state index contributed by atoms with van der Waals surface area (Å²) in [5, 5.41) is 12.5. The molecule has 0 radical (unpaired) electrons. The zero-order valence-electron chi connectivity index (χ0n) is 16.5. The summed E-state index contributed by atoms with van der Waals surface area (Å²) in [6.45, 7) is 10.5. The summed E-state index contributed by atoms with van der Waals surface area (Å²) in [6.07, 6.45) is 1.16. The quantitative estimate of drug-likeness (QED) is 0.841. The van der Waals surface area contributed by atoms with Crippen molar-refractivity contribution in [1.82, 2.24) is 10.2 Å². The molecule has 1 aromatic carbocycles. The molecule has 0 unspecified atom stereocenters. The molecule has 6 nitrogen and oxygen atoms in total. The number of amides is 2. The number of benzene rings is 1. The van der Waals surface area contributed by atoms with Crippen LogP contribution in [0.3, 0.4) is 0 Å². The summed E-state index contributed by atoms with van der Waals surface area (Å²) < 4.78 is 0. The van der Waals surface area contributed by atoms with Gasteiger partial charge in [-0.15, -0.1) is 10.2 Å². The van der Waals surface area contributed by atoms with E-state index in [1.54, 1.807) is 0 Å². The number of anilines is 2. The highest BCUT2D eigenvalue weighted by Gasteiger charge is 2.34. The van der Waals surface area contributed by atoms with Gasteiger partial charge in [-0.1, -0.05) is 38.2 Å². The minimum atomic E-state index is -0.449. The van der Waals surface area contributed by atoms with E-state index in [2.05, 4.69) is 22.4 Å². The van der Waals surface area contributed by atoms with E-state index in [1.165, 1.54) is 22.5 Å². The number of nitrogens with one attached hydrogen (secondary N) is 1. The molecule has 2 heterocycles. The first-order chi connectivity index (χ1) is 12.7. The summed E-state index contributed by atoms with van der Waals surface area (Å²) in [5.74, 6) is 0.0320. The fourth-order valence-electron chi connectivity index (χ4n) is 2.89. The maximum absolute atomic E-state index is 12.5. The van der Waals surface area contributed by atoms with E-state index in [0.717, 1.165) is 17.1 Å². The topological polar surface area (TPSA) is 75.2 Å². The van der Waals surface area contributed by atoms with Gasteiger partial charge in [0.1, 0.15) is 5.01 Å². The average molecular weight is 387 g/mol. The molecule has 1 atom stereocenters. The average Bonchev–Trinajstić information content (AvgIpc) is 3.24. The van der Waals surface area contributed by atoms with Crippen molar-refractivity contribution >= 4 is 34.0 Å². The molecule has 1 aromatic heterocycles. The Hall–Kier alpha value is -2.28. The van der Waals surface area contributed by atoms with E-state index in [4.69, 9.17) is 0 Å². The predicted molar refractivity (Wildman–Crippen MR) is 108 cm³/mol. The van der Waals surface area contributed by atoms with E-state index in [-0.39, 0.29) is 17.7 Å². The molecule has 27 heavy (non-hydrogen) atoms. The van der Waals surface area contributed by atoms with Crippen LogP contribution in [0.2, 0.25) is 0 Å². The van der Waals surface area contributed by atoms with Gasteiger partial charge in [-0.3, -0.25) is 9.59 Å². The fourth-order valence-corrected chi connectivity index (χ4v) is 3.72. The molecule has 1 aliphatic rings. The van der Waals surface area contributed by atoms with Gasteiger partial charge in [-0.05, 0) is 43.5 Å². The first kappa shape index (κ1) is 19.5. The maximum atomic E-state index is 12.5. The Labute approximate surface area is 164 Å². The lowest BCUT2D eigenvalue weighted by Crippen LogP contribution is -2.29. The minimum Gasteiger partial charge on any atom is -0.312 e. The van der Waals surface area contributed by atoms with Crippen molar-refractivity contribution in [2.45, 2.75) is 53.4 Å². The normalized spacial score (nSPS) is 17.4. The largest absolute Gasteiger partial charge is 0.312 e. The zero-order chi connectivity index (χ0) is 19.8. The molecular weight excluding hydrogens is 360 g/mol. The third-order valence-electron chi connectivity index (χ3n) is 5.44. The number of aromatic nitrogens is 2. The monoisotopic (exact) mass is 386 g/mol. The Morgan fingerprint density at radius 1 is 1.30 bits per heavy atom. The van der Waals surface area contributed by atoms with E-state index in [0.29, 0.717) is 18.1 Å². The van der Waals surface area contributed by atoms with E-state index < -0.39 is 5.41 Å². The van der Waals surface area contributed by atoms with Crippen LogP contribution < -0.4 is 10.2 Å². The standard InChI is InChI=1S/C20H26N4O2S/c1-6-20(4,5)18(26)21-19-23-22-17(27-19)14-10-16(25)24(11-14)15-8-7-12(2)13(3)9-15/h7-9,14H,6,10-11H2,1-5H3,(H,21,23,26)/t14-/m0/s1. The van der Waals surface area contributed by atoms with Crippen molar-refractivity contribution in [2.75, 3.05) is 16.8 Å². The van der Waals surface area contributed by atoms with E-state index in [1.807, 2.05) is 50.8 Å². The molecule has 144 valence electrons. The maximum Gasteiger partial charge on any atom is 0.231 e. The van der Waals surface area contributed by atoms with Crippen LogP contribution in [0.1, 0.15) is 55.7 Å². The number of carbonyl (C=O) groups is 2. The number of aryl methyl sites for hydroxylation is 2. The Morgan fingerprint density at radius 3 is 2.70 bits per heavy atom. The van der Waals surface area contributed by atoms with Crippen molar-refractivity contribution < 1.29 is 9.59 Å². The summed E-state index contributed by atoms with van der Waals surface area (Å²) in [6, 6.07) is 6.08. The van der Waals surface area contributed by atoms with Crippen LogP contribution in [0.4, 0.5) is 10.8 Å². The molecule has 3 rings (SSSR count). The molecule has 1 aliphatic heterocycles. The van der Waals surface area contributed by atoms with Gasteiger partial charge in [0, 0.05) is 30.0 Å². The number of rotatable bonds is 5. The lowest BCUT2D eigenvalue weighted by Gasteiger charge is -2.20. The fraction of sp³-hybridized carbons (Fsp3) is 0.500. The lowest BCUT2D eigenvalue weighted by molar-refractivity contribution is -0.124. The van der Waals surface area contributed by atoms with Gasteiger partial charge in [-0.2, -0.15) is 0 Å². The highest BCUT2D eigenvalue weighted by atomic mass is 32.1. The molecule has 1 N–H and O–H groups in total. The van der Waals surface area contributed by atoms with Gasteiger partial charge in [0.15, 0.2) is 0 Å². The van der Waals surface area contributed by atoms with Crippen LogP contribution in [-0.4, -0.2) is 28.6 Å². The van der Waals surface area contributed by atoms with Crippen molar-refractivity contribution in [3.05, 3.63) is 34.3 Å². The summed E-state index contributed by atoms with van der Waals surface area (Å²) in [4.78, 5) is 26.6. The minimum absolute atomic E-state index is 0.00134. The highest BCUT2D eigenvalue weighted by Crippen LogP contribution is 2.35. The Bertz CT molecular complexity index is 875. The van der Waals surface area contributed by atoms with Gasteiger partial charge in [0.25, 0.3) is 0 Å². The summed E-state index contributed by atoms with van der Waals surface area (Å²) in [5.41, 5.74) is 2.85. The van der Waals surface area contributed by atoms with Gasteiger partial charge in [0.2, 0.25) is 16.9 Å². The van der Waals surface area contributed by atoms with Crippen LogP contribution in [0.15, 0.2) is 18.2 Å². The number of hydrogen-bond donors (Lipinski definition) is 1. The second kappa shape index (κ2) is 7.38. The Kier molecular flexibility index (Phi) is 5.33. The number of hydrogen-bond acceptors (Lipinski definition) is 5. The third kappa shape index (κ3) is 4.03. The molecule has 2 amide bonds. The van der Waals surface area contributed by atoms with Crippen molar-refractivity contribution in [3.8, 4) is 0 Å². The molecule has 0 saturated carbocycles. The van der Waals surface area contributed by atoms with Gasteiger partial charge >= 0.3 is 0 Å². The SMILES string of the molecule is CCC(C)(C)C(=O)Nc1nnc([C@H]2CC(=O)N(c3ccc(C)c(C)c3)C2)s1. The van der Waals surface area contributed by atoms with Crippen molar-refractivity contribution in [3.63, 3.8) is 0 Å². The second-order valence-electron chi connectivity index (χ2n) is 7.81. The van der Waals surface area contributed by atoms with Gasteiger partial charge in [0.05, 0.1) is 0 Å². The molecular formula is C20H26N4O2S. The van der Waals surface area contributed by atoms with Crippen LogP contribution in [0.25, 0.3) is 0 Å². The van der Waals surface area contributed by atoms with E-state index >= 15 is 0 Å². The van der Waals surface area contributed by atoms with Crippen molar-refractivity contribution in [2.24, 2.45) is 5.41 Å². The lowest BCUT2D eigenvalue weighted by atomic mass is 9.89. The summed E-state index contributed by atoms with van der Waals surface area (Å²) in [7, 11) is 0. The van der Waals surface area contributed by atoms with Crippen LogP contribution in [0, 0.1) is 19.3 Å². The third-order valence-corrected chi connectivity index (χ3v) is 6.44. The Balaban J connectivity index is 1.71. The van der Waals surface area contributed by atoms with E-state index in [9.17, 15) is 9.59 Å².